The molecule has 0 aromatic heterocycles. The summed E-state index contributed by atoms with van der Waals surface area (Å²) in [5.74, 6) is -1.92. The minimum Gasteiger partial charge on any atom is -0.434 e. The Morgan fingerprint density at radius 1 is 0.976 bits per heavy atom. The molecule has 1 aliphatic rings. The van der Waals surface area contributed by atoms with E-state index in [0.717, 1.165) is 34.9 Å². The van der Waals surface area contributed by atoms with E-state index in [4.69, 9.17) is 10.5 Å². The molecule has 42 heavy (non-hydrogen) atoms. The lowest BCUT2D eigenvalue weighted by molar-refractivity contribution is -0.129. The van der Waals surface area contributed by atoms with Crippen molar-refractivity contribution in [3.8, 4) is 11.1 Å². The summed E-state index contributed by atoms with van der Waals surface area (Å²) in [5.41, 5.74) is 8.68. The van der Waals surface area contributed by atoms with Crippen LogP contribution in [0.2, 0.25) is 0 Å². The third-order valence-corrected chi connectivity index (χ3v) is 7.12. The summed E-state index contributed by atoms with van der Waals surface area (Å²) < 4.78 is 32.6. The van der Waals surface area contributed by atoms with Crippen LogP contribution in [0, 0.1) is 17.0 Å². The molecule has 0 spiro atoms. The summed E-state index contributed by atoms with van der Waals surface area (Å²) in [6.07, 6.45) is -1.29. The molecular weight excluding hydrogens is 542 g/mol. The molecular formula is C32H36F2N4O4. The molecule has 3 aromatic carbocycles. The van der Waals surface area contributed by atoms with Gasteiger partial charge in [0.1, 0.15) is 11.6 Å². The minimum absolute atomic E-state index is 0.0168. The fourth-order valence-electron chi connectivity index (χ4n) is 4.76. The second-order valence-corrected chi connectivity index (χ2v) is 11.4. The summed E-state index contributed by atoms with van der Waals surface area (Å²) >= 11 is 0. The van der Waals surface area contributed by atoms with Gasteiger partial charge in [0.05, 0.1) is 6.04 Å². The highest BCUT2D eigenvalue weighted by molar-refractivity contribution is 5.87. The zero-order valence-corrected chi connectivity index (χ0v) is 23.7. The molecule has 1 saturated heterocycles. The topological polar surface area (TPSA) is 123 Å². The fraction of sp³-hybridized carbons (Fsp3) is 0.344. The summed E-state index contributed by atoms with van der Waals surface area (Å²) in [4.78, 5) is 37.4. The quantitative estimate of drug-likeness (QED) is 0.260. The first-order chi connectivity index (χ1) is 20.0. The second kappa shape index (κ2) is 13.6. The number of ether oxygens (including phenoxy) is 1. The lowest BCUT2D eigenvalue weighted by atomic mass is 9.92. The van der Waals surface area contributed by atoms with Crippen molar-refractivity contribution in [3.05, 3.63) is 95.6 Å². The van der Waals surface area contributed by atoms with Crippen molar-refractivity contribution < 1.29 is 27.9 Å². The van der Waals surface area contributed by atoms with Crippen molar-refractivity contribution in [2.45, 2.75) is 51.3 Å². The molecule has 5 N–H and O–H groups in total. The van der Waals surface area contributed by atoms with E-state index < -0.39 is 47.2 Å². The number of nitrogens with two attached hydrogens (primary N) is 1. The van der Waals surface area contributed by atoms with Crippen LogP contribution in [-0.2, 0) is 27.2 Å². The molecule has 0 radical (unpaired) electrons. The predicted molar refractivity (Wildman–Crippen MR) is 155 cm³/mol. The summed E-state index contributed by atoms with van der Waals surface area (Å²) in [5, 5.41) is 8.34. The van der Waals surface area contributed by atoms with Crippen molar-refractivity contribution in [1.29, 1.82) is 0 Å². The van der Waals surface area contributed by atoms with E-state index in [0.29, 0.717) is 6.42 Å². The molecule has 3 unspecified atom stereocenters. The molecule has 3 atom stereocenters. The monoisotopic (exact) mass is 578 g/mol. The number of halogens is 2. The highest BCUT2D eigenvalue weighted by Gasteiger charge is 2.39. The SMILES string of the molecule is CC(C)(CNC(=O)CC(N)Cc1cc(F)ccc1F)CNC(=O)C1OC(=O)NC1Cc1ccc(-c2ccccc2)cc1. The average molecular weight is 579 g/mol. The standard InChI is InChI=1S/C32H36F2N4O4/c1-32(2,18-36-28(39)17-25(35)16-23-15-24(33)12-13-26(23)34)19-37-30(40)29-27(38-31(41)42-29)14-20-8-10-22(11-9-20)21-6-4-3-5-7-21/h3-13,15,25,27,29H,14,16-19,35H2,1-2H3,(H,36,39)(H,37,40)(H,38,41). The van der Waals surface area contributed by atoms with Crippen LogP contribution < -0.4 is 21.7 Å². The molecule has 0 aliphatic carbocycles. The summed E-state index contributed by atoms with van der Waals surface area (Å²) in [6, 6.07) is 19.8. The van der Waals surface area contributed by atoms with Crippen LogP contribution in [-0.4, -0.2) is 49.2 Å². The zero-order chi connectivity index (χ0) is 30.3. The molecule has 1 aliphatic heterocycles. The van der Waals surface area contributed by atoms with Gasteiger partial charge in [0.2, 0.25) is 12.0 Å². The number of nitrogens with one attached hydrogen (secondary N) is 3. The van der Waals surface area contributed by atoms with E-state index >= 15 is 0 Å². The molecule has 1 heterocycles. The number of amides is 3. The Morgan fingerprint density at radius 2 is 1.64 bits per heavy atom. The van der Waals surface area contributed by atoms with E-state index in [-0.39, 0.29) is 37.4 Å². The Labute approximate surface area is 244 Å². The van der Waals surface area contributed by atoms with Gasteiger partial charge in [0.15, 0.2) is 0 Å². The highest BCUT2D eigenvalue weighted by Crippen LogP contribution is 2.22. The number of cyclic esters (lactones) is 1. The first kappa shape index (κ1) is 30.6. The fourth-order valence-corrected chi connectivity index (χ4v) is 4.76. The maximum Gasteiger partial charge on any atom is 0.408 e. The Kier molecular flexibility index (Phi) is 9.90. The predicted octanol–water partition coefficient (Wildman–Crippen LogP) is 3.87. The molecule has 4 rings (SSSR count). The summed E-state index contributed by atoms with van der Waals surface area (Å²) in [7, 11) is 0. The number of benzene rings is 3. The van der Waals surface area contributed by atoms with Gasteiger partial charge in [0.25, 0.3) is 5.91 Å². The van der Waals surface area contributed by atoms with Gasteiger partial charge in [0, 0.05) is 25.6 Å². The third kappa shape index (κ3) is 8.59. The number of rotatable bonds is 12. The van der Waals surface area contributed by atoms with Crippen molar-refractivity contribution in [3.63, 3.8) is 0 Å². The summed E-state index contributed by atoms with van der Waals surface area (Å²) in [6.45, 7) is 4.16. The Morgan fingerprint density at radius 3 is 2.36 bits per heavy atom. The second-order valence-electron chi connectivity index (χ2n) is 11.4. The van der Waals surface area contributed by atoms with Gasteiger partial charge in [-0.1, -0.05) is 68.4 Å². The maximum atomic E-state index is 13.9. The molecule has 10 heteroatoms. The lowest BCUT2D eigenvalue weighted by Gasteiger charge is -2.27. The highest BCUT2D eigenvalue weighted by atomic mass is 19.1. The van der Waals surface area contributed by atoms with Crippen molar-refractivity contribution in [2.24, 2.45) is 11.1 Å². The van der Waals surface area contributed by atoms with Crippen LogP contribution in [0.3, 0.4) is 0 Å². The van der Waals surface area contributed by atoms with E-state index in [2.05, 4.69) is 16.0 Å². The molecule has 0 saturated carbocycles. The normalized spacial score (nSPS) is 17.2. The maximum absolute atomic E-state index is 13.9. The number of carbonyl (C=O) groups is 3. The average Bonchev–Trinajstić information content (AvgIpc) is 3.33. The molecule has 1 fully saturated rings. The number of hydrogen-bond donors (Lipinski definition) is 4. The van der Waals surface area contributed by atoms with Gasteiger partial charge in [-0.3, -0.25) is 9.59 Å². The zero-order valence-electron chi connectivity index (χ0n) is 23.7. The number of alkyl carbamates (subject to hydrolysis) is 1. The van der Waals surface area contributed by atoms with Gasteiger partial charge >= 0.3 is 6.09 Å². The Bertz CT molecular complexity index is 1400. The minimum atomic E-state index is -1.00. The van der Waals surface area contributed by atoms with Crippen LogP contribution in [0.25, 0.3) is 11.1 Å². The lowest BCUT2D eigenvalue weighted by Crippen LogP contribution is -2.48. The number of carbonyl (C=O) groups excluding carboxylic acids is 3. The van der Waals surface area contributed by atoms with Crippen LogP contribution in [0.1, 0.15) is 31.4 Å². The van der Waals surface area contributed by atoms with Crippen molar-refractivity contribution in [1.82, 2.24) is 16.0 Å². The van der Waals surface area contributed by atoms with E-state index in [1.54, 1.807) is 0 Å². The van der Waals surface area contributed by atoms with Crippen LogP contribution in [0.15, 0.2) is 72.8 Å². The first-order valence-electron chi connectivity index (χ1n) is 13.8. The van der Waals surface area contributed by atoms with Gasteiger partial charge in [-0.2, -0.15) is 0 Å². The molecule has 3 aromatic rings. The molecule has 8 nitrogen and oxygen atoms in total. The first-order valence-corrected chi connectivity index (χ1v) is 13.8. The molecule has 0 bridgehead atoms. The van der Waals surface area contributed by atoms with Crippen LogP contribution in [0.5, 0.6) is 0 Å². The smallest absolute Gasteiger partial charge is 0.408 e. The van der Waals surface area contributed by atoms with Crippen LogP contribution in [0.4, 0.5) is 13.6 Å². The van der Waals surface area contributed by atoms with Gasteiger partial charge in [-0.05, 0) is 58.7 Å². The Balaban J connectivity index is 1.24. The molecule has 222 valence electrons. The van der Waals surface area contributed by atoms with Gasteiger partial charge in [-0.25, -0.2) is 13.6 Å². The van der Waals surface area contributed by atoms with Gasteiger partial charge in [-0.15, -0.1) is 0 Å². The third-order valence-electron chi connectivity index (χ3n) is 7.12. The van der Waals surface area contributed by atoms with Gasteiger partial charge < -0.3 is 26.4 Å². The van der Waals surface area contributed by atoms with E-state index in [9.17, 15) is 23.2 Å². The number of hydrogen-bond acceptors (Lipinski definition) is 5. The van der Waals surface area contributed by atoms with E-state index in [1.165, 1.54) is 0 Å². The van der Waals surface area contributed by atoms with Crippen molar-refractivity contribution >= 4 is 17.9 Å². The Hall–Kier alpha value is -4.31. The van der Waals surface area contributed by atoms with Crippen LogP contribution >= 0.6 is 0 Å². The van der Waals surface area contributed by atoms with E-state index in [1.807, 2.05) is 68.4 Å². The van der Waals surface area contributed by atoms with Crippen molar-refractivity contribution in [2.75, 3.05) is 13.1 Å². The molecule has 3 amide bonds. The largest absolute Gasteiger partial charge is 0.434 e.